The zero-order valence-electron chi connectivity index (χ0n) is 9.52. The molecular formula is C14H18ClN. The lowest BCUT2D eigenvalue weighted by Gasteiger charge is -2.09. The zero-order chi connectivity index (χ0) is 10.7. The van der Waals surface area contributed by atoms with E-state index >= 15 is 0 Å². The lowest BCUT2D eigenvalue weighted by atomic mass is 10.0. The first kappa shape index (κ1) is 13.0. The largest absolute Gasteiger partial charge is 0.327 e. The van der Waals surface area contributed by atoms with Gasteiger partial charge in [-0.2, -0.15) is 0 Å². The maximum absolute atomic E-state index is 5.95. The number of hydrogen-bond acceptors (Lipinski definition) is 1. The van der Waals surface area contributed by atoms with Gasteiger partial charge in [-0.3, -0.25) is 0 Å². The van der Waals surface area contributed by atoms with Crippen molar-refractivity contribution in [2.24, 2.45) is 5.73 Å². The number of nitrogens with two attached hydrogens (primary N) is 1. The van der Waals surface area contributed by atoms with E-state index < -0.39 is 0 Å². The van der Waals surface area contributed by atoms with Gasteiger partial charge in [-0.05, 0) is 29.2 Å². The Morgan fingerprint density at radius 3 is 2.44 bits per heavy atom. The third-order valence-corrected chi connectivity index (χ3v) is 2.84. The lowest BCUT2D eigenvalue weighted by molar-refractivity contribution is 0.647. The van der Waals surface area contributed by atoms with Crippen molar-refractivity contribution in [3.05, 3.63) is 48.0 Å². The molecule has 0 aliphatic heterocycles. The molecule has 0 spiro atoms. The van der Waals surface area contributed by atoms with Crippen molar-refractivity contribution < 1.29 is 0 Å². The minimum atomic E-state index is 0. The Labute approximate surface area is 103 Å². The van der Waals surface area contributed by atoms with E-state index in [9.17, 15) is 0 Å². The number of halogens is 1. The van der Waals surface area contributed by atoms with Crippen LogP contribution >= 0.6 is 12.4 Å². The predicted octanol–water partition coefficient (Wildman–Crippen LogP) is 3.54. The van der Waals surface area contributed by atoms with Gasteiger partial charge in [0.1, 0.15) is 0 Å². The van der Waals surface area contributed by atoms with E-state index in [2.05, 4.69) is 49.4 Å². The summed E-state index contributed by atoms with van der Waals surface area (Å²) in [4.78, 5) is 0. The fourth-order valence-electron chi connectivity index (χ4n) is 1.81. The summed E-state index contributed by atoms with van der Waals surface area (Å²) < 4.78 is 0. The summed E-state index contributed by atoms with van der Waals surface area (Å²) in [7, 11) is 0. The second kappa shape index (κ2) is 5.88. The van der Waals surface area contributed by atoms with E-state index in [1.165, 1.54) is 16.3 Å². The monoisotopic (exact) mass is 235 g/mol. The summed E-state index contributed by atoms with van der Waals surface area (Å²) in [6.07, 6.45) is 2.01. The van der Waals surface area contributed by atoms with Gasteiger partial charge in [0.25, 0.3) is 0 Å². The number of rotatable bonds is 3. The highest BCUT2D eigenvalue weighted by molar-refractivity contribution is 5.85. The third-order valence-electron chi connectivity index (χ3n) is 2.84. The van der Waals surface area contributed by atoms with Gasteiger partial charge >= 0.3 is 0 Å². The fraction of sp³-hybridized carbons (Fsp3) is 0.286. The van der Waals surface area contributed by atoms with E-state index in [0.29, 0.717) is 0 Å². The average molecular weight is 236 g/mol. The van der Waals surface area contributed by atoms with Gasteiger partial charge in [-0.25, -0.2) is 0 Å². The highest BCUT2D eigenvalue weighted by atomic mass is 35.5. The van der Waals surface area contributed by atoms with Crippen molar-refractivity contribution in [3.63, 3.8) is 0 Å². The molecule has 1 unspecified atom stereocenters. The van der Waals surface area contributed by atoms with Gasteiger partial charge < -0.3 is 5.73 Å². The Hall–Kier alpha value is -1.05. The van der Waals surface area contributed by atoms with Gasteiger partial charge in [0, 0.05) is 6.04 Å². The summed E-state index contributed by atoms with van der Waals surface area (Å²) in [6.45, 7) is 2.13. The quantitative estimate of drug-likeness (QED) is 0.865. The maximum Gasteiger partial charge on any atom is 0.00767 e. The third kappa shape index (κ3) is 2.97. The minimum absolute atomic E-state index is 0. The predicted molar refractivity (Wildman–Crippen MR) is 73.2 cm³/mol. The topological polar surface area (TPSA) is 26.0 Å². The number of benzene rings is 2. The summed E-state index contributed by atoms with van der Waals surface area (Å²) in [5.41, 5.74) is 7.29. The molecular weight excluding hydrogens is 218 g/mol. The Balaban J connectivity index is 0.00000128. The average Bonchev–Trinajstić information content (AvgIpc) is 2.29. The van der Waals surface area contributed by atoms with Crippen LogP contribution in [0.4, 0.5) is 0 Å². The van der Waals surface area contributed by atoms with Crippen LogP contribution in [0.1, 0.15) is 18.9 Å². The number of fused-ring (bicyclic) bond motifs is 1. The Kier molecular flexibility index (Phi) is 4.78. The van der Waals surface area contributed by atoms with Crippen LogP contribution in [0.3, 0.4) is 0 Å². The van der Waals surface area contributed by atoms with E-state index in [1.807, 2.05) is 0 Å². The summed E-state index contributed by atoms with van der Waals surface area (Å²) in [5, 5.41) is 2.60. The second-order valence-corrected chi connectivity index (χ2v) is 4.05. The summed E-state index contributed by atoms with van der Waals surface area (Å²) in [6, 6.07) is 15.3. The molecule has 2 rings (SSSR count). The minimum Gasteiger partial charge on any atom is -0.327 e. The summed E-state index contributed by atoms with van der Waals surface area (Å²) in [5.74, 6) is 0. The molecule has 0 aliphatic carbocycles. The van der Waals surface area contributed by atoms with Gasteiger partial charge in [-0.1, -0.05) is 49.4 Å². The van der Waals surface area contributed by atoms with Crippen molar-refractivity contribution >= 4 is 23.2 Å². The second-order valence-electron chi connectivity index (χ2n) is 4.05. The van der Waals surface area contributed by atoms with E-state index in [-0.39, 0.29) is 18.4 Å². The first-order valence-corrected chi connectivity index (χ1v) is 5.53. The van der Waals surface area contributed by atoms with E-state index in [4.69, 9.17) is 5.73 Å². The van der Waals surface area contributed by atoms with Gasteiger partial charge in [-0.15, -0.1) is 12.4 Å². The van der Waals surface area contributed by atoms with Crippen LogP contribution in [0.2, 0.25) is 0 Å². The van der Waals surface area contributed by atoms with Gasteiger partial charge in [0.15, 0.2) is 0 Å². The molecule has 0 radical (unpaired) electrons. The molecule has 0 aliphatic rings. The molecule has 0 saturated carbocycles. The molecule has 0 fully saturated rings. The van der Waals surface area contributed by atoms with Gasteiger partial charge in [0.2, 0.25) is 0 Å². The lowest BCUT2D eigenvalue weighted by Crippen LogP contribution is -2.21. The molecule has 2 N–H and O–H groups in total. The van der Waals surface area contributed by atoms with Crippen LogP contribution in [-0.4, -0.2) is 6.04 Å². The first-order chi connectivity index (χ1) is 7.29. The van der Waals surface area contributed by atoms with Crippen LogP contribution < -0.4 is 5.73 Å². The van der Waals surface area contributed by atoms with Crippen molar-refractivity contribution in [2.75, 3.05) is 0 Å². The fourth-order valence-corrected chi connectivity index (χ4v) is 1.81. The van der Waals surface area contributed by atoms with Crippen molar-refractivity contribution in [2.45, 2.75) is 25.8 Å². The van der Waals surface area contributed by atoms with Crippen LogP contribution in [0, 0.1) is 0 Å². The molecule has 2 heteroatoms. The van der Waals surface area contributed by atoms with Crippen molar-refractivity contribution in [1.29, 1.82) is 0 Å². The first-order valence-electron chi connectivity index (χ1n) is 5.53. The van der Waals surface area contributed by atoms with Gasteiger partial charge in [0.05, 0.1) is 0 Å². The molecule has 0 saturated heterocycles. The molecule has 1 atom stereocenters. The van der Waals surface area contributed by atoms with Crippen molar-refractivity contribution in [1.82, 2.24) is 0 Å². The van der Waals surface area contributed by atoms with E-state index in [0.717, 1.165) is 12.8 Å². The molecule has 0 heterocycles. The standard InChI is InChI=1S/C14H17N.ClH/c1-2-14(15)10-11-7-8-12-5-3-4-6-13(12)9-11;/h3-9,14H,2,10,15H2,1H3;1H. The SMILES string of the molecule is CCC(N)Cc1ccc2ccccc2c1.Cl. The highest BCUT2D eigenvalue weighted by Crippen LogP contribution is 2.16. The van der Waals surface area contributed by atoms with Crippen molar-refractivity contribution in [3.8, 4) is 0 Å². The Morgan fingerprint density at radius 1 is 1.06 bits per heavy atom. The van der Waals surface area contributed by atoms with E-state index in [1.54, 1.807) is 0 Å². The highest BCUT2D eigenvalue weighted by Gasteiger charge is 2.01. The van der Waals surface area contributed by atoms with Crippen LogP contribution in [0.5, 0.6) is 0 Å². The Bertz CT molecular complexity index is 453. The van der Waals surface area contributed by atoms with Crippen LogP contribution in [0.25, 0.3) is 10.8 Å². The molecule has 86 valence electrons. The smallest absolute Gasteiger partial charge is 0.00767 e. The molecule has 1 nitrogen and oxygen atoms in total. The molecule has 2 aromatic carbocycles. The molecule has 2 aromatic rings. The summed E-state index contributed by atoms with van der Waals surface area (Å²) >= 11 is 0. The number of hydrogen-bond donors (Lipinski definition) is 1. The van der Waals surface area contributed by atoms with Crippen LogP contribution in [0.15, 0.2) is 42.5 Å². The molecule has 16 heavy (non-hydrogen) atoms. The molecule has 0 bridgehead atoms. The normalized spacial score (nSPS) is 12.1. The van der Waals surface area contributed by atoms with Crippen LogP contribution in [-0.2, 0) is 6.42 Å². The molecule has 0 aromatic heterocycles. The zero-order valence-corrected chi connectivity index (χ0v) is 10.3. The Morgan fingerprint density at radius 2 is 1.75 bits per heavy atom. The maximum atomic E-state index is 5.95. The molecule has 0 amide bonds.